The zero-order valence-corrected chi connectivity index (χ0v) is 19.6. The van der Waals surface area contributed by atoms with E-state index < -0.39 is 10.0 Å². The van der Waals surface area contributed by atoms with Gasteiger partial charge in [0, 0.05) is 50.7 Å². The van der Waals surface area contributed by atoms with Gasteiger partial charge in [0.2, 0.25) is 15.9 Å². The second-order valence-corrected chi connectivity index (χ2v) is 10.9. The molecular weight excluding hydrogens is 416 g/mol. The fraction of sp³-hybridized carbons (Fsp3) is 0.636. The summed E-state index contributed by atoms with van der Waals surface area (Å²) >= 11 is 0. The molecule has 2 amide bonds. The third kappa shape index (κ3) is 5.64. The summed E-state index contributed by atoms with van der Waals surface area (Å²) in [6.07, 6.45) is 3.65. The summed E-state index contributed by atoms with van der Waals surface area (Å²) in [4.78, 5) is 28.3. The van der Waals surface area contributed by atoms with Gasteiger partial charge in [-0.05, 0) is 64.0 Å². The summed E-state index contributed by atoms with van der Waals surface area (Å²) < 4.78 is 27.2. The number of amides is 2. The molecule has 2 aliphatic heterocycles. The molecule has 8 nitrogen and oxygen atoms in total. The predicted octanol–water partition coefficient (Wildman–Crippen LogP) is 1.53. The Morgan fingerprint density at radius 2 is 1.52 bits per heavy atom. The van der Waals surface area contributed by atoms with Gasteiger partial charge in [0.25, 0.3) is 5.91 Å². The van der Waals surface area contributed by atoms with Gasteiger partial charge in [0.15, 0.2) is 0 Å². The molecule has 0 aromatic heterocycles. The maximum Gasteiger partial charge on any atom is 0.251 e. The Kier molecular flexibility index (Phi) is 7.39. The van der Waals surface area contributed by atoms with Crippen LogP contribution >= 0.6 is 0 Å². The molecule has 1 N–H and O–H groups in total. The lowest BCUT2D eigenvalue weighted by Gasteiger charge is -2.41. The van der Waals surface area contributed by atoms with Crippen LogP contribution in [0.5, 0.6) is 0 Å². The van der Waals surface area contributed by atoms with Crippen molar-refractivity contribution in [2.45, 2.75) is 50.5 Å². The smallest absolute Gasteiger partial charge is 0.251 e. The van der Waals surface area contributed by atoms with E-state index in [9.17, 15) is 18.0 Å². The van der Waals surface area contributed by atoms with Gasteiger partial charge >= 0.3 is 0 Å². The number of rotatable bonds is 6. The highest BCUT2D eigenvalue weighted by atomic mass is 32.2. The van der Waals surface area contributed by atoms with Crippen LogP contribution in [0, 0.1) is 0 Å². The fourth-order valence-electron chi connectivity index (χ4n) is 4.18. The number of nitrogens with zero attached hydrogens (tertiary/aromatic N) is 3. The van der Waals surface area contributed by atoms with Crippen molar-refractivity contribution in [3.8, 4) is 0 Å². The Hall–Kier alpha value is -1.97. The summed E-state index contributed by atoms with van der Waals surface area (Å²) in [7, 11) is -3.65. The molecule has 31 heavy (non-hydrogen) atoms. The van der Waals surface area contributed by atoms with Crippen molar-refractivity contribution < 1.29 is 18.0 Å². The van der Waals surface area contributed by atoms with Crippen molar-refractivity contribution >= 4 is 21.8 Å². The monoisotopic (exact) mass is 450 g/mol. The minimum atomic E-state index is -3.65. The van der Waals surface area contributed by atoms with E-state index in [2.05, 4.69) is 24.1 Å². The van der Waals surface area contributed by atoms with E-state index in [1.807, 2.05) is 0 Å². The zero-order chi connectivity index (χ0) is 22.6. The molecule has 172 valence electrons. The first-order chi connectivity index (χ1) is 14.6. The molecule has 0 unspecified atom stereocenters. The highest BCUT2D eigenvalue weighted by Gasteiger charge is 2.30. The van der Waals surface area contributed by atoms with Gasteiger partial charge in [-0.3, -0.25) is 14.5 Å². The first-order valence-corrected chi connectivity index (χ1v) is 12.4. The normalized spacial score (nSPS) is 19.3. The van der Waals surface area contributed by atoms with Gasteiger partial charge in [-0.25, -0.2) is 8.42 Å². The third-order valence-electron chi connectivity index (χ3n) is 6.33. The van der Waals surface area contributed by atoms with Crippen LogP contribution in [0.25, 0.3) is 0 Å². The average Bonchev–Trinajstić information content (AvgIpc) is 2.78. The first kappa shape index (κ1) is 23.7. The van der Waals surface area contributed by atoms with Crippen molar-refractivity contribution in [3.63, 3.8) is 0 Å². The molecule has 1 aromatic rings. The van der Waals surface area contributed by atoms with Crippen molar-refractivity contribution in [3.05, 3.63) is 29.8 Å². The summed E-state index contributed by atoms with van der Waals surface area (Å²) in [5.41, 5.74) is 0.316. The SMILES string of the molecule is CC(=O)N1CCN(S(=O)(=O)c2ccc(C(=O)NCC(C)(C)N3CCCCC3)cc2)CC1. The Labute approximate surface area is 185 Å². The number of nitrogens with one attached hydrogen (secondary N) is 1. The van der Waals surface area contributed by atoms with E-state index in [0.29, 0.717) is 25.2 Å². The molecule has 2 fully saturated rings. The Balaban J connectivity index is 1.59. The number of sulfonamides is 1. The van der Waals surface area contributed by atoms with Gasteiger partial charge in [-0.2, -0.15) is 4.31 Å². The lowest BCUT2D eigenvalue weighted by molar-refractivity contribution is -0.129. The lowest BCUT2D eigenvalue weighted by Crippen LogP contribution is -2.53. The van der Waals surface area contributed by atoms with Crippen molar-refractivity contribution in [2.75, 3.05) is 45.8 Å². The molecule has 0 radical (unpaired) electrons. The quantitative estimate of drug-likeness (QED) is 0.710. The maximum atomic E-state index is 12.9. The second-order valence-electron chi connectivity index (χ2n) is 8.98. The summed E-state index contributed by atoms with van der Waals surface area (Å²) in [5, 5.41) is 3.00. The van der Waals surface area contributed by atoms with Gasteiger partial charge in [-0.1, -0.05) is 6.42 Å². The summed E-state index contributed by atoms with van der Waals surface area (Å²) in [5.74, 6) is -0.250. The molecule has 2 aliphatic rings. The van der Waals surface area contributed by atoms with Crippen LogP contribution in [-0.2, 0) is 14.8 Å². The number of hydrogen-bond donors (Lipinski definition) is 1. The molecule has 3 rings (SSSR count). The first-order valence-electron chi connectivity index (χ1n) is 11.0. The van der Waals surface area contributed by atoms with E-state index in [1.54, 1.807) is 17.0 Å². The molecule has 2 heterocycles. The molecule has 0 aliphatic carbocycles. The molecule has 1 aromatic carbocycles. The number of piperazine rings is 1. The average molecular weight is 451 g/mol. The van der Waals surface area contributed by atoms with Crippen LogP contribution in [0.3, 0.4) is 0 Å². The highest BCUT2D eigenvalue weighted by Crippen LogP contribution is 2.21. The minimum Gasteiger partial charge on any atom is -0.350 e. The van der Waals surface area contributed by atoms with Crippen LogP contribution in [0.2, 0.25) is 0 Å². The zero-order valence-electron chi connectivity index (χ0n) is 18.8. The van der Waals surface area contributed by atoms with E-state index in [0.717, 1.165) is 13.1 Å². The molecule has 9 heteroatoms. The number of hydrogen-bond acceptors (Lipinski definition) is 5. The number of likely N-dealkylation sites (tertiary alicyclic amines) is 1. The van der Waals surface area contributed by atoms with Crippen LogP contribution in [0.1, 0.15) is 50.4 Å². The van der Waals surface area contributed by atoms with E-state index >= 15 is 0 Å². The van der Waals surface area contributed by atoms with Crippen LogP contribution < -0.4 is 5.32 Å². The van der Waals surface area contributed by atoms with E-state index in [-0.39, 0.29) is 35.3 Å². The summed E-state index contributed by atoms with van der Waals surface area (Å²) in [6, 6.07) is 6.08. The fourth-order valence-corrected chi connectivity index (χ4v) is 5.60. The summed E-state index contributed by atoms with van der Waals surface area (Å²) in [6.45, 7) is 9.73. The van der Waals surface area contributed by atoms with Crippen LogP contribution in [0.15, 0.2) is 29.2 Å². The van der Waals surface area contributed by atoms with E-state index in [4.69, 9.17) is 0 Å². The minimum absolute atomic E-state index is 0.0455. The Bertz CT molecular complexity index is 885. The van der Waals surface area contributed by atoms with Crippen molar-refractivity contribution in [1.29, 1.82) is 0 Å². The molecule has 0 atom stereocenters. The molecule has 2 saturated heterocycles. The highest BCUT2D eigenvalue weighted by molar-refractivity contribution is 7.89. The van der Waals surface area contributed by atoms with E-state index in [1.165, 1.54) is 42.6 Å². The van der Waals surface area contributed by atoms with Crippen molar-refractivity contribution in [2.24, 2.45) is 0 Å². The Morgan fingerprint density at radius 1 is 0.935 bits per heavy atom. The van der Waals surface area contributed by atoms with Gasteiger partial charge in [0.05, 0.1) is 4.90 Å². The lowest BCUT2D eigenvalue weighted by atomic mass is 9.98. The molecule has 0 saturated carbocycles. The number of carbonyl (C=O) groups is 2. The topological polar surface area (TPSA) is 90.0 Å². The largest absolute Gasteiger partial charge is 0.350 e. The van der Waals surface area contributed by atoms with Gasteiger partial charge in [-0.15, -0.1) is 0 Å². The predicted molar refractivity (Wildman–Crippen MR) is 119 cm³/mol. The number of benzene rings is 1. The van der Waals surface area contributed by atoms with Crippen molar-refractivity contribution in [1.82, 2.24) is 19.4 Å². The molecular formula is C22H34N4O4S. The maximum absolute atomic E-state index is 12.9. The number of piperidine rings is 1. The van der Waals surface area contributed by atoms with Crippen LogP contribution in [0.4, 0.5) is 0 Å². The molecule has 0 spiro atoms. The van der Waals surface area contributed by atoms with Crippen LogP contribution in [-0.4, -0.2) is 85.7 Å². The molecule has 0 bridgehead atoms. The Morgan fingerprint density at radius 3 is 2.06 bits per heavy atom. The second kappa shape index (κ2) is 9.67. The van der Waals surface area contributed by atoms with Gasteiger partial charge in [0.1, 0.15) is 0 Å². The third-order valence-corrected chi connectivity index (χ3v) is 8.24. The van der Waals surface area contributed by atoms with Gasteiger partial charge < -0.3 is 10.2 Å². The standard InChI is InChI=1S/C22H34N4O4S/c1-18(27)24-13-15-26(16-14-24)31(29,30)20-9-7-19(8-10-20)21(28)23-17-22(2,3)25-11-5-4-6-12-25/h7-10H,4-6,11-17H2,1-3H3,(H,23,28). The number of carbonyl (C=O) groups excluding carboxylic acids is 2.